The first-order valence-electron chi connectivity index (χ1n) is 18.0. The Morgan fingerprint density at radius 2 is 1.85 bits per heavy atom. The molecule has 2 heterocycles. The number of benzene rings is 2. The van der Waals surface area contributed by atoms with Gasteiger partial charge in [0.25, 0.3) is 0 Å². The Hall–Kier alpha value is -4.38. The van der Waals surface area contributed by atoms with Crippen molar-refractivity contribution in [3.8, 4) is 0 Å². The van der Waals surface area contributed by atoms with Crippen LogP contribution in [0.1, 0.15) is 63.3 Å². The van der Waals surface area contributed by atoms with Gasteiger partial charge in [0.1, 0.15) is 6.04 Å². The van der Waals surface area contributed by atoms with Crippen LogP contribution in [0.15, 0.2) is 70.0 Å². The van der Waals surface area contributed by atoms with Crippen LogP contribution in [0.4, 0.5) is 9.93 Å². The summed E-state index contributed by atoms with van der Waals surface area (Å²) in [6, 6.07) is 13.3. The first kappa shape index (κ1) is 39.8. The topological polar surface area (TPSA) is 185 Å². The fourth-order valence-corrected chi connectivity index (χ4v) is 8.93. The van der Waals surface area contributed by atoms with Gasteiger partial charge in [-0.25, -0.2) is 18.2 Å². The van der Waals surface area contributed by atoms with Crippen LogP contribution in [0.3, 0.4) is 0 Å². The summed E-state index contributed by atoms with van der Waals surface area (Å²) in [7, 11) is -4.05. The molecule has 4 atom stereocenters. The summed E-state index contributed by atoms with van der Waals surface area (Å²) < 4.78 is 29.4. The number of anilines is 1. The van der Waals surface area contributed by atoms with Crippen LogP contribution < -0.4 is 10.6 Å². The third-order valence-electron chi connectivity index (χ3n) is 9.99. The van der Waals surface area contributed by atoms with Crippen LogP contribution in [0.25, 0.3) is 0 Å². The van der Waals surface area contributed by atoms with E-state index in [1.54, 1.807) is 27.3 Å². The zero-order valence-corrected chi connectivity index (χ0v) is 31.9. The van der Waals surface area contributed by atoms with Gasteiger partial charge in [-0.2, -0.15) is 4.31 Å². The molecule has 1 aliphatic carbocycles. The molecule has 1 saturated carbocycles. The molecule has 0 unspecified atom stereocenters. The summed E-state index contributed by atoms with van der Waals surface area (Å²) in [5.41, 5.74) is 2.00. The quantitative estimate of drug-likeness (QED) is 0.0846. The molecule has 1 aromatic heterocycles. The molecule has 4 N–H and O–H groups in total. The molecule has 2 fully saturated rings. The molecule has 53 heavy (non-hydrogen) atoms. The number of hydrogen-bond acceptors (Lipinski definition) is 10. The lowest BCUT2D eigenvalue weighted by Gasteiger charge is -2.36. The monoisotopic (exact) mass is 767 g/mol. The average molecular weight is 768 g/mol. The van der Waals surface area contributed by atoms with E-state index in [0.717, 1.165) is 24.8 Å². The van der Waals surface area contributed by atoms with E-state index in [1.165, 1.54) is 40.9 Å². The minimum atomic E-state index is -4.05. The Balaban J connectivity index is 1.36. The number of oxime groups is 1. The fraction of sp³-hybridized carbons (Fsp3) is 0.486. The van der Waals surface area contributed by atoms with Crippen molar-refractivity contribution < 1.29 is 33.1 Å². The van der Waals surface area contributed by atoms with E-state index >= 15 is 0 Å². The minimum Gasteiger partial charge on any atom is -0.411 e. The van der Waals surface area contributed by atoms with Crippen LogP contribution in [-0.4, -0.2) is 106 Å². The number of thiazole rings is 1. The number of carbonyl (C=O) groups is 3. The van der Waals surface area contributed by atoms with E-state index < -0.39 is 34.1 Å². The summed E-state index contributed by atoms with van der Waals surface area (Å²) in [6.07, 6.45) is 3.53. The molecule has 4 amide bonds. The van der Waals surface area contributed by atoms with Gasteiger partial charge in [0.2, 0.25) is 21.8 Å². The highest BCUT2D eigenvalue weighted by molar-refractivity contribution is 7.89. The standard InChI is InChI=1S/C37H49N7O7S2/c1-4-25(2)34(44-18-17-42(37(44)48)22-30-24-52-36(40-30)39-26(3)45)35(47)41-32(19-27-9-6-5-7-10-27)33(46)23-43(21-29-11-8-12-29)53(50,51)31-15-13-28(14-16-31)20-38-49/h5-7,9-10,13-16,20,24-25,29,32-34,46,49H,4,8,11-12,17-19,21-23H2,1-3H3,(H,41,47)(H,39,40,45)/t25-,32-,33-,34-/m0/s1. The van der Waals surface area contributed by atoms with Gasteiger partial charge < -0.3 is 30.7 Å². The molecular formula is C37H49N7O7S2. The maximum absolute atomic E-state index is 14.3. The van der Waals surface area contributed by atoms with Crippen LogP contribution in [0, 0.1) is 11.8 Å². The molecule has 3 aromatic rings. The first-order chi connectivity index (χ1) is 25.4. The van der Waals surface area contributed by atoms with Crippen molar-refractivity contribution in [2.45, 2.75) is 82.5 Å². The zero-order chi connectivity index (χ0) is 38.1. The van der Waals surface area contributed by atoms with Crippen LogP contribution >= 0.6 is 11.3 Å². The summed E-state index contributed by atoms with van der Waals surface area (Å²) in [5, 5.41) is 31.7. The maximum atomic E-state index is 14.3. The molecule has 2 aromatic carbocycles. The highest BCUT2D eigenvalue weighted by atomic mass is 32.2. The molecule has 2 aliphatic rings. The Labute approximate surface area is 314 Å². The molecule has 0 radical (unpaired) electrons. The number of carbonyl (C=O) groups excluding carboxylic acids is 3. The summed E-state index contributed by atoms with van der Waals surface area (Å²) >= 11 is 1.27. The highest BCUT2D eigenvalue weighted by Gasteiger charge is 2.41. The summed E-state index contributed by atoms with van der Waals surface area (Å²) in [6.45, 7) is 6.14. The number of amides is 4. The lowest BCUT2D eigenvalue weighted by Crippen LogP contribution is -2.57. The molecule has 0 spiro atoms. The van der Waals surface area contributed by atoms with E-state index in [2.05, 4.69) is 20.8 Å². The number of sulfonamides is 1. The molecule has 1 saturated heterocycles. The lowest BCUT2D eigenvalue weighted by molar-refractivity contribution is -0.128. The molecule has 16 heteroatoms. The summed E-state index contributed by atoms with van der Waals surface area (Å²) in [4.78, 5) is 47.2. The SMILES string of the molecule is CC[C@H](C)[C@@H](C(=O)N[C@@H](Cc1ccccc1)[C@@H](O)CN(CC1CCC1)S(=O)(=O)c1ccc(C=NO)cc1)N1CCN(Cc2csc(NC(C)=O)n2)C1=O. The van der Waals surface area contributed by atoms with Gasteiger partial charge in [-0.1, -0.05) is 74.3 Å². The van der Waals surface area contributed by atoms with E-state index in [1.807, 2.05) is 44.2 Å². The van der Waals surface area contributed by atoms with Crippen molar-refractivity contribution in [2.24, 2.45) is 17.0 Å². The van der Waals surface area contributed by atoms with Gasteiger partial charge >= 0.3 is 6.03 Å². The van der Waals surface area contributed by atoms with Crippen molar-refractivity contribution >= 4 is 50.6 Å². The third-order valence-corrected chi connectivity index (χ3v) is 12.6. The number of nitrogens with zero attached hydrogens (tertiary/aromatic N) is 5. The molecule has 5 rings (SSSR count). The van der Waals surface area contributed by atoms with E-state index in [4.69, 9.17) is 5.21 Å². The molecule has 1 aliphatic heterocycles. The smallest absolute Gasteiger partial charge is 0.321 e. The Bertz CT molecular complexity index is 1830. The van der Waals surface area contributed by atoms with Gasteiger partial charge in [0.05, 0.1) is 35.5 Å². The third kappa shape index (κ3) is 10.2. The van der Waals surface area contributed by atoms with Crippen LogP contribution in [0.5, 0.6) is 0 Å². The zero-order valence-electron chi connectivity index (χ0n) is 30.3. The van der Waals surface area contributed by atoms with Crippen LogP contribution in [-0.2, 0) is 32.6 Å². The average Bonchev–Trinajstić information content (AvgIpc) is 3.70. The van der Waals surface area contributed by atoms with Crippen molar-refractivity contribution in [3.63, 3.8) is 0 Å². The van der Waals surface area contributed by atoms with E-state index in [-0.39, 0.29) is 54.7 Å². The van der Waals surface area contributed by atoms with Crippen molar-refractivity contribution in [1.29, 1.82) is 0 Å². The highest BCUT2D eigenvalue weighted by Crippen LogP contribution is 2.30. The Morgan fingerprint density at radius 1 is 1.13 bits per heavy atom. The van der Waals surface area contributed by atoms with Gasteiger partial charge in [0, 0.05) is 38.5 Å². The summed E-state index contributed by atoms with van der Waals surface area (Å²) in [5.74, 6) is -0.736. The molecule has 14 nitrogen and oxygen atoms in total. The maximum Gasteiger partial charge on any atom is 0.321 e. The predicted molar refractivity (Wildman–Crippen MR) is 202 cm³/mol. The Kier molecular flexibility index (Phi) is 13.6. The second-order valence-electron chi connectivity index (χ2n) is 13.9. The van der Waals surface area contributed by atoms with Crippen LogP contribution in [0.2, 0.25) is 0 Å². The molecular weight excluding hydrogens is 719 g/mol. The normalized spacial score (nSPS) is 17.5. The number of aromatic nitrogens is 1. The predicted octanol–water partition coefficient (Wildman–Crippen LogP) is 4.14. The largest absolute Gasteiger partial charge is 0.411 e. The second-order valence-corrected chi connectivity index (χ2v) is 16.7. The van der Waals surface area contributed by atoms with E-state index in [9.17, 15) is 27.9 Å². The van der Waals surface area contributed by atoms with Gasteiger partial charge in [-0.3, -0.25) is 9.59 Å². The number of aliphatic hydroxyl groups is 1. The van der Waals surface area contributed by atoms with Gasteiger partial charge in [0.15, 0.2) is 5.13 Å². The van der Waals surface area contributed by atoms with Crippen molar-refractivity contribution in [3.05, 3.63) is 76.8 Å². The van der Waals surface area contributed by atoms with Gasteiger partial charge in [-0.15, -0.1) is 11.3 Å². The van der Waals surface area contributed by atoms with Gasteiger partial charge in [-0.05, 0) is 54.4 Å². The number of nitrogens with one attached hydrogen (secondary N) is 2. The molecule has 0 bridgehead atoms. The first-order valence-corrected chi connectivity index (χ1v) is 20.3. The fourth-order valence-electron chi connectivity index (χ4n) is 6.65. The number of urea groups is 1. The van der Waals surface area contributed by atoms with E-state index in [0.29, 0.717) is 35.9 Å². The second kappa shape index (κ2) is 18.1. The number of hydrogen-bond donors (Lipinski definition) is 4. The number of rotatable bonds is 18. The Morgan fingerprint density at radius 3 is 2.47 bits per heavy atom. The van der Waals surface area contributed by atoms with Crippen molar-refractivity contribution in [2.75, 3.05) is 31.5 Å². The minimum absolute atomic E-state index is 0.0423. The number of aliphatic hydroxyl groups excluding tert-OH is 1. The lowest BCUT2D eigenvalue weighted by atomic mass is 9.85. The van der Waals surface area contributed by atoms with Crippen molar-refractivity contribution in [1.82, 2.24) is 24.4 Å². The molecule has 286 valence electrons.